The van der Waals surface area contributed by atoms with Crippen LogP contribution >= 0.6 is 0 Å². The van der Waals surface area contributed by atoms with Gasteiger partial charge in [0.25, 0.3) is 0 Å². The topological polar surface area (TPSA) is 58.3 Å². The number of guanidine groups is 1. The van der Waals surface area contributed by atoms with E-state index in [9.17, 15) is 0 Å². The maximum Gasteiger partial charge on any atom is 0.194 e. The number of nitrogens with zero attached hydrogens (tertiary/aromatic N) is 5. The second-order valence-electron chi connectivity index (χ2n) is 8.59. The second-order valence-corrected chi connectivity index (χ2v) is 8.59. The first-order chi connectivity index (χ1) is 14.8. The molecule has 1 aromatic heterocycles. The predicted molar refractivity (Wildman–Crippen MR) is 122 cm³/mol. The van der Waals surface area contributed by atoms with Crippen LogP contribution in [0.4, 0.5) is 0 Å². The van der Waals surface area contributed by atoms with E-state index in [1.807, 2.05) is 0 Å². The van der Waals surface area contributed by atoms with Crippen molar-refractivity contribution in [3.05, 3.63) is 47.5 Å². The average Bonchev–Trinajstić information content (AvgIpc) is 3.02. The largest absolute Gasteiger partial charge is 0.357 e. The minimum absolute atomic E-state index is 0.602. The van der Waals surface area contributed by atoms with E-state index >= 15 is 0 Å². The monoisotopic (exact) mass is 408 g/mol. The number of fused-ring (bicyclic) bond motifs is 1. The summed E-state index contributed by atoms with van der Waals surface area (Å²) in [6.45, 7) is 9.08. The van der Waals surface area contributed by atoms with E-state index < -0.39 is 0 Å². The zero-order chi connectivity index (χ0) is 20.8. The van der Waals surface area contributed by atoms with Gasteiger partial charge in [-0.15, -0.1) is 10.2 Å². The van der Waals surface area contributed by atoms with Gasteiger partial charge in [0.2, 0.25) is 0 Å². The maximum absolute atomic E-state index is 4.99. The minimum atomic E-state index is 0.602. The van der Waals surface area contributed by atoms with Crippen LogP contribution in [0.25, 0.3) is 0 Å². The van der Waals surface area contributed by atoms with Gasteiger partial charge in [0.05, 0.1) is 0 Å². The summed E-state index contributed by atoms with van der Waals surface area (Å²) in [5.74, 6) is 4.45. The molecule has 2 atom stereocenters. The zero-order valence-corrected chi connectivity index (χ0v) is 18.6. The highest BCUT2D eigenvalue weighted by Gasteiger charge is 2.30. The van der Waals surface area contributed by atoms with Crippen LogP contribution in [0.1, 0.15) is 69.1 Å². The normalized spacial score (nSPS) is 22.5. The van der Waals surface area contributed by atoms with Crippen LogP contribution in [0.2, 0.25) is 0 Å². The number of benzene rings is 1. The minimum Gasteiger partial charge on any atom is -0.357 e. The van der Waals surface area contributed by atoms with E-state index in [4.69, 9.17) is 4.99 Å². The second kappa shape index (κ2) is 10.1. The number of likely N-dealkylation sites (tertiary alicyclic amines) is 1. The highest BCUT2D eigenvalue weighted by molar-refractivity contribution is 5.80. The number of aliphatic imine (C=N–C) groups is 1. The number of hydrogen-bond acceptors (Lipinski definition) is 3. The molecule has 2 aliphatic heterocycles. The molecule has 1 aromatic carbocycles. The molecule has 30 heavy (non-hydrogen) atoms. The summed E-state index contributed by atoms with van der Waals surface area (Å²) in [5, 5.41) is 12.4. The summed E-state index contributed by atoms with van der Waals surface area (Å²) in [5.41, 5.74) is 1.48. The first-order valence-electron chi connectivity index (χ1n) is 11.8. The summed E-state index contributed by atoms with van der Waals surface area (Å²) >= 11 is 0. The van der Waals surface area contributed by atoms with E-state index in [1.54, 1.807) is 0 Å². The third-order valence-electron chi connectivity index (χ3n) is 6.68. The molecule has 4 rings (SSSR count). The Morgan fingerprint density at radius 3 is 2.77 bits per heavy atom. The van der Waals surface area contributed by atoms with Gasteiger partial charge in [0.1, 0.15) is 12.4 Å². The highest BCUT2D eigenvalue weighted by Crippen LogP contribution is 2.34. The molecule has 0 saturated carbocycles. The molecule has 0 amide bonds. The van der Waals surface area contributed by atoms with Crippen LogP contribution in [0.3, 0.4) is 0 Å². The molecule has 6 heteroatoms. The number of hydrogen-bond donors (Lipinski definition) is 1. The summed E-state index contributed by atoms with van der Waals surface area (Å²) in [6.07, 6.45) is 7.12. The quantitative estimate of drug-likeness (QED) is 0.600. The van der Waals surface area contributed by atoms with Crippen LogP contribution in [0.5, 0.6) is 0 Å². The Kier molecular flexibility index (Phi) is 7.03. The molecule has 6 nitrogen and oxygen atoms in total. The Balaban J connectivity index is 1.47. The van der Waals surface area contributed by atoms with Crippen LogP contribution in [0.15, 0.2) is 35.3 Å². The fourth-order valence-corrected chi connectivity index (χ4v) is 5.01. The van der Waals surface area contributed by atoms with Crippen molar-refractivity contribution < 1.29 is 0 Å². The van der Waals surface area contributed by atoms with Gasteiger partial charge in [0.15, 0.2) is 11.8 Å². The van der Waals surface area contributed by atoms with Crippen LogP contribution < -0.4 is 5.32 Å². The van der Waals surface area contributed by atoms with Crippen LogP contribution in [-0.2, 0) is 19.5 Å². The number of nitrogens with one attached hydrogen (secondary N) is 1. The van der Waals surface area contributed by atoms with Gasteiger partial charge in [-0.25, -0.2) is 4.99 Å². The fourth-order valence-electron chi connectivity index (χ4n) is 5.01. The van der Waals surface area contributed by atoms with Gasteiger partial charge in [-0.2, -0.15) is 0 Å². The van der Waals surface area contributed by atoms with Gasteiger partial charge >= 0.3 is 0 Å². The molecule has 3 heterocycles. The summed E-state index contributed by atoms with van der Waals surface area (Å²) in [4.78, 5) is 7.45. The number of piperidine rings is 1. The third kappa shape index (κ3) is 4.68. The summed E-state index contributed by atoms with van der Waals surface area (Å²) in [6, 6.07) is 11.0. The smallest absolute Gasteiger partial charge is 0.194 e. The molecule has 2 unspecified atom stereocenters. The molecule has 2 aromatic rings. The van der Waals surface area contributed by atoms with Crippen molar-refractivity contribution in [1.82, 2.24) is 25.0 Å². The molecule has 0 aliphatic carbocycles. The molecular formula is C24H36N6. The molecule has 0 bridgehead atoms. The third-order valence-corrected chi connectivity index (χ3v) is 6.68. The number of rotatable bonds is 5. The Morgan fingerprint density at radius 1 is 1.10 bits per heavy atom. The van der Waals surface area contributed by atoms with Gasteiger partial charge in [0, 0.05) is 32.6 Å². The van der Waals surface area contributed by atoms with Gasteiger partial charge in [-0.1, -0.05) is 50.1 Å². The van der Waals surface area contributed by atoms with Crippen molar-refractivity contribution in [3.63, 3.8) is 0 Å². The van der Waals surface area contributed by atoms with Crippen molar-refractivity contribution >= 4 is 5.96 Å². The fraction of sp³-hybridized carbons (Fsp3) is 0.625. The van der Waals surface area contributed by atoms with Crippen molar-refractivity contribution in [1.29, 1.82) is 0 Å². The van der Waals surface area contributed by atoms with Gasteiger partial charge < -0.3 is 14.8 Å². The lowest BCUT2D eigenvalue weighted by Crippen LogP contribution is -2.48. The molecule has 1 N–H and O–H groups in total. The van der Waals surface area contributed by atoms with E-state index in [1.165, 1.54) is 37.7 Å². The Hall–Kier alpha value is -2.37. The van der Waals surface area contributed by atoms with Crippen molar-refractivity contribution in [2.24, 2.45) is 10.9 Å². The lowest BCUT2D eigenvalue weighted by atomic mass is 9.79. The first kappa shape index (κ1) is 20.9. The van der Waals surface area contributed by atoms with Crippen molar-refractivity contribution in [3.8, 4) is 0 Å². The van der Waals surface area contributed by atoms with Gasteiger partial charge in [-0.05, 0) is 43.6 Å². The molecule has 1 saturated heterocycles. The maximum atomic E-state index is 4.99. The van der Waals surface area contributed by atoms with Crippen LogP contribution in [-0.4, -0.2) is 45.3 Å². The Morgan fingerprint density at radius 2 is 1.97 bits per heavy atom. The molecule has 162 valence electrons. The predicted octanol–water partition coefficient (Wildman–Crippen LogP) is 3.99. The van der Waals surface area contributed by atoms with E-state index in [-0.39, 0.29) is 0 Å². The van der Waals surface area contributed by atoms with Crippen molar-refractivity contribution in [2.45, 2.75) is 71.4 Å². The number of aromatic nitrogens is 3. The molecule has 0 spiro atoms. The average molecular weight is 409 g/mol. The Labute approximate surface area is 180 Å². The van der Waals surface area contributed by atoms with Gasteiger partial charge in [-0.3, -0.25) is 0 Å². The number of aryl methyl sites for hydroxylation is 1. The summed E-state index contributed by atoms with van der Waals surface area (Å²) < 4.78 is 2.30. The molecule has 1 fully saturated rings. The first-order valence-corrected chi connectivity index (χ1v) is 11.8. The van der Waals surface area contributed by atoms with Crippen LogP contribution in [0, 0.1) is 5.92 Å². The van der Waals surface area contributed by atoms with E-state index in [0.29, 0.717) is 18.4 Å². The van der Waals surface area contributed by atoms with Crippen molar-refractivity contribution in [2.75, 3.05) is 19.6 Å². The lowest BCUT2D eigenvalue weighted by Gasteiger charge is -2.40. The molecular weight excluding hydrogens is 372 g/mol. The SMILES string of the molecule is CCNC(=NCc1nnc2n1CCCCC2)N1CCC(c2ccccc2)C(CC)C1. The highest BCUT2D eigenvalue weighted by atomic mass is 15.3. The summed E-state index contributed by atoms with van der Waals surface area (Å²) in [7, 11) is 0. The standard InChI is InChI=1S/C24H36N6/c1-3-19-18-29(16-14-21(19)20-11-7-5-8-12-20)24(25-4-2)26-17-23-28-27-22-13-9-6-10-15-30(22)23/h5,7-8,11-12,19,21H,3-4,6,9-10,13-18H2,1-2H3,(H,25,26). The van der Waals surface area contributed by atoms with E-state index in [2.05, 4.69) is 69.2 Å². The lowest BCUT2D eigenvalue weighted by molar-refractivity contribution is 0.215. The van der Waals surface area contributed by atoms with E-state index in [0.717, 1.165) is 50.2 Å². The molecule has 2 aliphatic rings. The zero-order valence-electron chi connectivity index (χ0n) is 18.6. The molecule has 0 radical (unpaired) electrons. The Bertz CT molecular complexity index is 827.